The van der Waals surface area contributed by atoms with Gasteiger partial charge < -0.3 is 19.3 Å². The monoisotopic (exact) mass is 385 g/mol. The first-order valence-corrected chi connectivity index (χ1v) is 8.57. The number of alkyl halides is 3. The summed E-state index contributed by atoms with van der Waals surface area (Å²) in [5, 5.41) is 18.9. The number of rotatable bonds is 5. The maximum absolute atomic E-state index is 12.5. The molecule has 2 fully saturated rings. The molecule has 27 heavy (non-hydrogen) atoms. The van der Waals surface area contributed by atoms with E-state index in [1.165, 1.54) is 16.8 Å². The van der Waals surface area contributed by atoms with Gasteiger partial charge in [-0.05, 0) is 30.9 Å². The molecule has 1 aromatic heterocycles. The maximum Gasteiger partial charge on any atom is 0.573 e. The van der Waals surface area contributed by atoms with Crippen molar-refractivity contribution in [2.24, 2.45) is 0 Å². The summed E-state index contributed by atoms with van der Waals surface area (Å²) in [4.78, 5) is 0. The van der Waals surface area contributed by atoms with Crippen molar-refractivity contribution in [1.29, 1.82) is 0 Å². The molecule has 3 atom stereocenters. The van der Waals surface area contributed by atoms with Gasteiger partial charge in [0.15, 0.2) is 11.9 Å². The lowest BCUT2D eigenvalue weighted by atomic mass is 9.90. The zero-order valence-corrected chi connectivity index (χ0v) is 14.2. The average Bonchev–Trinajstić information content (AvgIpc) is 3.25. The van der Waals surface area contributed by atoms with E-state index in [1.54, 1.807) is 18.3 Å². The molecule has 1 aromatic carbocycles. The molecule has 1 unspecified atom stereocenters. The molecule has 3 heterocycles. The molecule has 0 radical (unpaired) electrons. The van der Waals surface area contributed by atoms with Crippen LogP contribution in [0.4, 0.5) is 13.2 Å². The van der Waals surface area contributed by atoms with E-state index >= 15 is 0 Å². The molecule has 7 nitrogen and oxygen atoms in total. The van der Waals surface area contributed by atoms with E-state index < -0.39 is 18.3 Å². The highest BCUT2D eigenvalue weighted by molar-refractivity contribution is 5.33. The van der Waals surface area contributed by atoms with Gasteiger partial charge in [0.1, 0.15) is 11.4 Å². The van der Waals surface area contributed by atoms with Crippen molar-refractivity contribution in [2.45, 2.75) is 50.2 Å². The molecule has 2 saturated heterocycles. The number of aromatic nitrogens is 3. The van der Waals surface area contributed by atoms with E-state index in [0.29, 0.717) is 30.7 Å². The molecular formula is C17H18F3N3O4. The van der Waals surface area contributed by atoms with Gasteiger partial charge in [-0.3, -0.25) is 4.68 Å². The lowest BCUT2D eigenvalue weighted by molar-refractivity contribution is -0.274. The Hall–Kier alpha value is -2.17. The number of ether oxygens (including phenoxy) is 3. The lowest BCUT2D eigenvalue weighted by Crippen LogP contribution is -2.44. The Labute approximate surface area is 152 Å². The standard InChI is InChI=1S/C17H18F3N3O4/c18-17(19,20)27-13-4-2-1-3-11(13)6-8-23-9-14(21-22-23)16(24)7-5-12-10-25-15(16)26-12/h1-4,9,12,15,24H,5-8,10H2/t12-,15+,16?/m0/s1. The minimum Gasteiger partial charge on any atom is -0.406 e. The number of benzene rings is 1. The van der Waals surface area contributed by atoms with Crippen molar-refractivity contribution in [3.05, 3.63) is 41.7 Å². The molecule has 0 spiro atoms. The number of halogens is 3. The van der Waals surface area contributed by atoms with Crippen molar-refractivity contribution < 1.29 is 32.5 Å². The minimum atomic E-state index is -4.75. The molecular weight excluding hydrogens is 367 g/mol. The topological polar surface area (TPSA) is 78.6 Å². The number of para-hydroxylation sites is 1. The second kappa shape index (κ2) is 6.77. The quantitative estimate of drug-likeness (QED) is 0.850. The van der Waals surface area contributed by atoms with E-state index in [-0.39, 0.29) is 24.8 Å². The summed E-state index contributed by atoms with van der Waals surface area (Å²) in [6.45, 7) is 0.716. The van der Waals surface area contributed by atoms with E-state index in [9.17, 15) is 18.3 Å². The van der Waals surface area contributed by atoms with Gasteiger partial charge in [-0.25, -0.2) is 0 Å². The predicted molar refractivity (Wildman–Crippen MR) is 84.6 cm³/mol. The Kier molecular flexibility index (Phi) is 4.57. The van der Waals surface area contributed by atoms with Crippen LogP contribution in [0.5, 0.6) is 5.75 Å². The Balaban J connectivity index is 1.45. The van der Waals surface area contributed by atoms with Gasteiger partial charge in [-0.15, -0.1) is 18.3 Å². The van der Waals surface area contributed by atoms with Crippen molar-refractivity contribution in [3.8, 4) is 5.75 Å². The van der Waals surface area contributed by atoms with Crippen molar-refractivity contribution in [1.82, 2.24) is 15.0 Å². The third kappa shape index (κ3) is 3.78. The molecule has 2 bridgehead atoms. The molecule has 146 valence electrons. The fraction of sp³-hybridized carbons (Fsp3) is 0.529. The summed E-state index contributed by atoms with van der Waals surface area (Å²) in [5.41, 5.74) is -0.649. The van der Waals surface area contributed by atoms with Gasteiger partial charge in [-0.2, -0.15) is 0 Å². The SMILES string of the molecule is OC1(c2cn(CCc3ccccc3OC(F)(F)F)nn2)CC[C@H]2CO[C@@H]1O2. The molecule has 0 saturated carbocycles. The summed E-state index contributed by atoms with van der Waals surface area (Å²) >= 11 is 0. The predicted octanol–water partition coefficient (Wildman–Crippen LogP) is 2.14. The Morgan fingerprint density at radius 1 is 1.33 bits per heavy atom. The third-order valence-electron chi connectivity index (χ3n) is 4.78. The first kappa shape index (κ1) is 18.2. The van der Waals surface area contributed by atoms with Crippen molar-refractivity contribution >= 4 is 0 Å². The highest BCUT2D eigenvalue weighted by atomic mass is 19.4. The van der Waals surface area contributed by atoms with E-state index in [2.05, 4.69) is 15.0 Å². The first-order valence-electron chi connectivity index (χ1n) is 8.57. The maximum atomic E-state index is 12.5. The molecule has 0 amide bonds. The Bertz CT molecular complexity index is 813. The van der Waals surface area contributed by atoms with Gasteiger partial charge in [0.05, 0.1) is 18.9 Å². The van der Waals surface area contributed by atoms with Crippen LogP contribution in [0.3, 0.4) is 0 Å². The van der Waals surface area contributed by atoms with Gasteiger partial charge >= 0.3 is 6.36 Å². The van der Waals surface area contributed by atoms with Crippen LogP contribution >= 0.6 is 0 Å². The second-order valence-corrected chi connectivity index (χ2v) is 6.66. The normalized spacial score (nSPS) is 27.7. The fourth-order valence-electron chi connectivity index (χ4n) is 3.37. The van der Waals surface area contributed by atoms with Gasteiger partial charge in [0, 0.05) is 6.54 Å². The summed E-state index contributed by atoms with van der Waals surface area (Å²) < 4.78 is 54.1. The molecule has 2 aromatic rings. The van der Waals surface area contributed by atoms with Crippen molar-refractivity contribution in [3.63, 3.8) is 0 Å². The summed E-state index contributed by atoms with van der Waals surface area (Å²) in [6.07, 6.45) is -2.60. The number of hydrogen-bond acceptors (Lipinski definition) is 6. The van der Waals surface area contributed by atoms with E-state index in [4.69, 9.17) is 9.47 Å². The molecule has 0 aliphatic carbocycles. The number of nitrogens with zero attached hydrogens (tertiary/aromatic N) is 3. The van der Waals surface area contributed by atoms with Crippen LogP contribution in [0, 0.1) is 0 Å². The number of hydrogen-bond donors (Lipinski definition) is 1. The first-order chi connectivity index (χ1) is 12.8. The van der Waals surface area contributed by atoms with Crippen LogP contribution in [0.25, 0.3) is 0 Å². The smallest absolute Gasteiger partial charge is 0.406 e. The second-order valence-electron chi connectivity index (χ2n) is 6.66. The van der Waals surface area contributed by atoms with Crippen LogP contribution in [0.2, 0.25) is 0 Å². The van der Waals surface area contributed by atoms with Crippen LogP contribution < -0.4 is 4.74 Å². The van der Waals surface area contributed by atoms with Crippen molar-refractivity contribution in [2.75, 3.05) is 6.61 Å². The highest BCUT2D eigenvalue weighted by Crippen LogP contribution is 2.40. The zero-order chi connectivity index (χ0) is 19.1. The summed E-state index contributed by atoms with van der Waals surface area (Å²) in [7, 11) is 0. The molecule has 4 rings (SSSR count). The van der Waals surface area contributed by atoms with E-state index in [0.717, 1.165) is 0 Å². The van der Waals surface area contributed by atoms with E-state index in [1.807, 2.05) is 0 Å². The lowest BCUT2D eigenvalue weighted by Gasteiger charge is -2.34. The number of aryl methyl sites for hydroxylation is 2. The minimum absolute atomic E-state index is 0.00421. The van der Waals surface area contributed by atoms with Crippen LogP contribution in [0.1, 0.15) is 24.1 Å². The Morgan fingerprint density at radius 3 is 2.96 bits per heavy atom. The number of fused-ring (bicyclic) bond motifs is 2. The largest absolute Gasteiger partial charge is 0.573 e. The summed E-state index contributed by atoms with van der Waals surface area (Å²) in [5.74, 6) is -0.241. The molecule has 2 aliphatic heterocycles. The van der Waals surface area contributed by atoms with Gasteiger partial charge in [0.2, 0.25) is 0 Å². The zero-order valence-electron chi connectivity index (χ0n) is 14.2. The third-order valence-corrected chi connectivity index (χ3v) is 4.78. The van der Waals surface area contributed by atoms with Crippen LogP contribution in [-0.2, 0) is 28.0 Å². The molecule has 10 heteroatoms. The van der Waals surface area contributed by atoms with Crippen LogP contribution in [0.15, 0.2) is 30.5 Å². The Morgan fingerprint density at radius 2 is 2.15 bits per heavy atom. The molecule has 1 N–H and O–H groups in total. The van der Waals surface area contributed by atoms with Crippen LogP contribution in [-0.4, -0.2) is 45.5 Å². The van der Waals surface area contributed by atoms with Gasteiger partial charge in [0.25, 0.3) is 0 Å². The van der Waals surface area contributed by atoms with Gasteiger partial charge in [-0.1, -0.05) is 23.4 Å². The highest BCUT2D eigenvalue weighted by Gasteiger charge is 2.51. The molecule has 2 aliphatic rings. The average molecular weight is 385 g/mol. The number of aliphatic hydroxyl groups is 1. The summed E-state index contributed by atoms with van der Waals surface area (Å²) in [6, 6.07) is 5.95. The fourth-order valence-corrected chi connectivity index (χ4v) is 3.37.